The Morgan fingerprint density at radius 1 is 1.12 bits per heavy atom. The van der Waals surface area contributed by atoms with Crippen LogP contribution in [-0.4, -0.2) is 23.2 Å². The first-order chi connectivity index (χ1) is 11.7. The number of hydrogen-bond donors (Lipinski definition) is 2. The maximum atomic E-state index is 12.3. The van der Waals surface area contributed by atoms with Gasteiger partial charge in [-0.3, -0.25) is 9.89 Å². The Kier molecular flexibility index (Phi) is 3.50. The van der Waals surface area contributed by atoms with Gasteiger partial charge in [-0.25, -0.2) is 0 Å². The third-order valence-corrected chi connectivity index (χ3v) is 4.52. The summed E-state index contributed by atoms with van der Waals surface area (Å²) in [4.78, 5) is 12.3. The highest BCUT2D eigenvalue weighted by Crippen LogP contribution is 2.39. The SMILES string of the molecule is COc1ccc(-c2n[nH]c3c2C(c2ccccc2Cl)NC3=O)cc1. The Labute approximate surface area is 143 Å². The van der Waals surface area contributed by atoms with Crippen LogP contribution in [0.1, 0.15) is 27.7 Å². The lowest BCUT2D eigenvalue weighted by Gasteiger charge is -2.14. The van der Waals surface area contributed by atoms with E-state index in [1.165, 1.54) is 0 Å². The number of benzene rings is 2. The molecule has 0 fully saturated rings. The first-order valence-corrected chi connectivity index (χ1v) is 7.85. The Morgan fingerprint density at radius 3 is 2.58 bits per heavy atom. The summed E-state index contributed by atoms with van der Waals surface area (Å²) in [5.74, 6) is 0.588. The van der Waals surface area contributed by atoms with Gasteiger partial charge < -0.3 is 10.1 Å². The smallest absolute Gasteiger partial charge is 0.270 e. The fourth-order valence-corrected chi connectivity index (χ4v) is 3.24. The van der Waals surface area contributed by atoms with E-state index in [-0.39, 0.29) is 11.9 Å². The van der Waals surface area contributed by atoms with Gasteiger partial charge in [-0.2, -0.15) is 5.10 Å². The first kappa shape index (κ1) is 14.8. The summed E-state index contributed by atoms with van der Waals surface area (Å²) in [6.07, 6.45) is 0. The molecule has 0 bridgehead atoms. The predicted molar refractivity (Wildman–Crippen MR) is 91.3 cm³/mol. The molecule has 2 heterocycles. The lowest BCUT2D eigenvalue weighted by atomic mass is 9.97. The van der Waals surface area contributed by atoms with E-state index in [2.05, 4.69) is 15.5 Å². The average Bonchev–Trinajstić information content (AvgIpc) is 3.17. The van der Waals surface area contributed by atoms with Crippen LogP contribution in [0.2, 0.25) is 5.02 Å². The molecule has 0 saturated carbocycles. The van der Waals surface area contributed by atoms with Crippen molar-refractivity contribution in [2.24, 2.45) is 0 Å². The van der Waals surface area contributed by atoms with Crippen LogP contribution in [0.15, 0.2) is 48.5 Å². The zero-order valence-corrected chi connectivity index (χ0v) is 13.6. The number of amides is 1. The van der Waals surface area contributed by atoms with E-state index in [9.17, 15) is 4.79 Å². The lowest BCUT2D eigenvalue weighted by molar-refractivity contribution is 0.0955. The van der Waals surface area contributed by atoms with E-state index < -0.39 is 0 Å². The molecule has 5 nitrogen and oxygen atoms in total. The summed E-state index contributed by atoms with van der Waals surface area (Å²) in [6.45, 7) is 0. The summed E-state index contributed by atoms with van der Waals surface area (Å²) in [5.41, 5.74) is 3.78. The number of aromatic amines is 1. The van der Waals surface area contributed by atoms with Crippen molar-refractivity contribution in [3.8, 4) is 17.0 Å². The monoisotopic (exact) mass is 339 g/mol. The van der Waals surface area contributed by atoms with Gasteiger partial charge in [-0.1, -0.05) is 29.8 Å². The number of carbonyl (C=O) groups excluding carboxylic acids is 1. The van der Waals surface area contributed by atoms with E-state index in [1.807, 2.05) is 48.5 Å². The molecule has 24 heavy (non-hydrogen) atoms. The summed E-state index contributed by atoms with van der Waals surface area (Å²) >= 11 is 6.33. The second-order valence-corrected chi connectivity index (χ2v) is 5.92. The van der Waals surface area contributed by atoms with Crippen LogP contribution in [0, 0.1) is 0 Å². The molecule has 1 aromatic heterocycles. The summed E-state index contributed by atoms with van der Waals surface area (Å²) in [7, 11) is 1.62. The van der Waals surface area contributed by atoms with Crippen LogP contribution in [0.5, 0.6) is 5.75 Å². The van der Waals surface area contributed by atoms with Crippen LogP contribution >= 0.6 is 11.6 Å². The molecule has 1 unspecified atom stereocenters. The normalized spacial score (nSPS) is 15.9. The third-order valence-electron chi connectivity index (χ3n) is 4.17. The first-order valence-electron chi connectivity index (χ1n) is 7.47. The molecular formula is C18H14ClN3O2. The van der Waals surface area contributed by atoms with Gasteiger partial charge in [0.1, 0.15) is 11.4 Å². The fourth-order valence-electron chi connectivity index (χ4n) is 2.99. The van der Waals surface area contributed by atoms with Gasteiger partial charge >= 0.3 is 0 Å². The van der Waals surface area contributed by atoms with Crippen molar-refractivity contribution in [3.05, 3.63) is 70.4 Å². The number of nitrogens with one attached hydrogen (secondary N) is 2. The van der Waals surface area contributed by atoms with E-state index >= 15 is 0 Å². The van der Waals surface area contributed by atoms with Crippen molar-refractivity contribution in [3.63, 3.8) is 0 Å². The van der Waals surface area contributed by atoms with Crippen molar-refractivity contribution in [2.75, 3.05) is 7.11 Å². The Morgan fingerprint density at radius 2 is 1.88 bits per heavy atom. The summed E-state index contributed by atoms with van der Waals surface area (Å²) in [6, 6.07) is 14.7. The molecule has 1 aliphatic rings. The molecule has 1 amide bonds. The Balaban J connectivity index is 1.84. The highest BCUT2D eigenvalue weighted by Gasteiger charge is 2.36. The highest BCUT2D eigenvalue weighted by atomic mass is 35.5. The predicted octanol–water partition coefficient (Wildman–Crippen LogP) is 3.57. The third kappa shape index (κ3) is 2.25. The van der Waals surface area contributed by atoms with Crippen molar-refractivity contribution in [1.82, 2.24) is 15.5 Å². The van der Waals surface area contributed by atoms with E-state index in [0.717, 1.165) is 28.1 Å². The van der Waals surface area contributed by atoms with Crippen molar-refractivity contribution < 1.29 is 9.53 Å². The van der Waals surface area contributed by atoms with Crippen LogP contribution < -0.4 is 10.1 Å². The van der Waals surface area contributed by atoms with Crippen LogP contribution in [0.25, 0.3) is 11.3 Å². The second kappa shape index (κ2) is 5.69. The number of aromatic nitrogens is 2. The number of fused-ring (bicyclic) bond motifs is 1. The van der Waals surface area contributed by atoms with Crippen LogP contribution in [0.3, 0.4) is 0 Å². The molecule has 0 spiro atoms. The van der Waals surface area contributed by atoms with Crippen molar-refractivity contribution >= 4 is 17.5 Å². The minimum Gasteiger partial charge on any atom is -0.497 e. The Hall–Kier alpha value is -2.79. The zero-order valence-electron chi connectivity index (χ0n) is 12.8. The number of carbonyl (C=O) groups is 1. The van der Waals surface area contributed by atoms with Gasteiger partial charge in [0.05, 0.1) is 18.8 Å². The van der Waals surface area contributed by atoms with Gasteiger partial charge in [0.25, 0.3) is 5.91 Å². The number of nitrogens with zero attached hydrogens (tertiary/aromatic N) is 1. The van der Waals surface area contributed by atoms with Gasteiger partial charge in [0, 0.05) is 16.1 Å². The standard InChI is InChI=1S/C18H14ClN3O2/c1-24-11-8-6-10(7-9-11)15-14-16(12-4-2-3-5-13(12)19)20-18(23)17(14)22-21-15/h2-9,16H,1H3,(H,20,23)(H,21,22). The minimum atomic E-state index is -0.322. The molecule has 4 rings (SSSR count). The van der Waals surface area contributed by atoms with Crippen molar-refractivity contribution in [2.45, 2.75) is 6.04 Å². The van der Waals surface area contributed by atoms with Gasteiger partial charge in [-0.05, 0) is 35.9 Å². The molecule has 0 saturated heterocycles. The number of rotatable bonds is 3. The second-order valence-electron chi connectivity index (χ2n) is 5.52. The molecule has 0 radical (unpaired) electrons. The molecular weight excluding hydrogens is 326 g/mol. The number of hydrogen-bond acceptors (Lipinski definition) is 3. The van der Waals surface area contributed by atoms with Crippen LogP contribution in [0.4, 0.5) is 0 Å². The maximum absolute atomic E-state index is 12.3. The molecule has 6 heteroatoms. The summed E-state index contributed by atoms with van der Waals surface area (Å²) in [5, 5.41) is 10.8. The quantitative estimate of drug-likeness (QED) is 0.766. The molecule has 0 aliphatic carbocycles. The number of halogens is 1. The van der Waals surface area contributed by atoms with Crippen LogP contribution in [-0.2, 0) is 0 Å². The minimum absolute atomic E-state index is 0.179. The van der Waals surface area contributed by atoms with Gasteiger partial charge in [0.15, 0.2) is 0 Å². The molecule has 3 aromatic rings. The fraction of sp³-hybridized carbons (Fsp3) is 0.111. The van der Waals surface area contributed by atoms with Gasteiger partial charge in [-0.15, -0.1) is 0 Å². The van der Waals surface area contributed by atoms with Gasteiger partial charge in [0.2, 0.25) is 0 Å². The molecule has 2 N–H and O–H groups in total. The summed E-state index contributed by atoms with van der Waals surface area (Å²) < 4.78 is 5.19. The number of H-pyrrole nitrogens is 1. The van der Waals surface area contributed by atoms with E-state index in [0.29, 0.717) is 10.7 Å². The molecule has 1 aliphatic heterocycles. The lowest BCUT2D eigenvalue weighted by Crippen LogP contribution is -2.21. The number of methoxy groups -OCH3 is 1. The molecule has 2 aromatic carbocycles. The van der Waals surface area contributed by atoms with Crippen molar-refractivity contribution in [1.29, 1.82) is 0 Å². The average molecular weight is 340 g/mol. The Bertz CT molecular complexity index is 918. The maximum Gasteiger partial charge on any atom is 0.270 e. The largest absolute Gasteiger partial charge is 0.497 e. The molecule has 120 valence electrons. The van der Waals surface area contributed by atoms with E-state index in [1.54, 1.807) is 7.11 Å². The topological polar surface area (TPSA) is 67.0 Å². The highest BCUT2D eigenvalue weighted by molar-refractivity contribution is 6.31. The zero-order chi connectivity index (χ0) is 16.7. The molecule has 1 atom stereocenters. The number of ether oxygens (including phenoxy) is 1. The van der Waals surface area contributed by atoms with E-state index in [4.69, 9.17) is 16.3 Å².